The molecule has 0 heterocycles. The molecule has 0 amide bonds. The van der Waals surface area contributed by atoms with Crippen LogP contribution in [0, 0.1) is 52.3 Å². The van der Waals surface area contributed by atoms with Gasteiger partial charge in [0, 0.05) is 6.92 Å². The van der Waals surface area contributed by atoms with Gasteiger partial charge in [-0.3, -0.25) is 4.79 Å². The van der Waals surface area contributed by atoms with Crippen LogP contribution in [0.4, 0.5) is 0 Å². The lowest BCUT2D eigenvalue weighted by atomic mass is 9.43. The lowest BCUT2D eigenvalue weighted by Crippen LogP contribution is -2.58. The lowest BCUT2D eigenvalue weighted by Gasteiger charge is -2.62. The Morgan fingerprint density at radius 2 is 1.59 bits per heavy atom. The quantitative estimate of drug-likeness (QED) is 0.437. The summed E-state index contributed by atoms with van der Waals surface area (Å²) in [6.07, 6.45) is 10.8. The van der Waals surface area contributed by atoms with Gasteiger partial charge in [0.2, 0.25) is 0 Å². The first-order valence-corrected chi connectivity index (χ1v) is 14.3. The van der Waals surface area contributed by atoms with E-state index in [0.717, 1.165) is 43.9 Å². The second kappa shape index (κ2) is 9.36. The molecule has 4 fully saturated rings. The highest BCUT2D eigenvalue weighted by Crippen LogP contribution is 2.68. The SMILES string of the molecule is CC(=O)OC(C)(C)[C@@H](C)CC[C@@H](C)C1CCC2[C@@H]3C[C@@H](O)[C@H]4C[C@@H](O)CCC4(C)C3CCC21C. The number of hydrogen-bond acceptors (Lipinski definition) is 4. The zero-order chi connectivity index (χ0) is 25.1. The van der Waals surface area contributed by atoms with Crippen molar-refractivity contribution in [3.05, 3.63) is 0 Å². The van der Waals surface area contributed by atoms with Crippen LogP contribution in [0.3, 0.4) is 0 Å². The van der Waals surface area contributed by atoms with E-state index >= 15 is 0 Å². The van der Waals surface area contributed by atoms with Gasteiger partial charge in [-0.15, -0.1) is 0 Å². The van der Waals surface area contributed by atoms with Crippen LogP contribution in [0.15, 0.2) is 0 Å². The number of fused-ring (bicyclic) bond motifs is 5. The summed E-state index contributed by atoms with van der Waals surface area (Å²) < 4.78 is 5.61. The first-order chi connectivity index (χ1) is 15.8. The van der Waals surface area contributed by atoms with Crippen molar-refractivity contribution in [3.63, 3.8) is 0 Å². The van der Waals surface area contributed by atoms with Crippen molar-refractivity contribution in [1.82, 2.24) is 0 Å². The second-order valence-electron chi connectivity index (χ2n) is 14.1. The van der Waals surface area contributed by atoms with E-state index in [1.807, 2.05) is 13.8 Å². The molecule has 4 rings (SSSR count). The Morgan fingerprint density at radius 3 is 2.26 bits per heavy atom. The molecule has 2 N–H and O–H groups in total. The molecule has 0 aromatic heterocycles. The molecule has 0 radical (unpaired) electrons. The van der Waals surface area contributed by atoms with Crippen LogP contribution in [0.25, 0.3) is 0 Å². The largest absolute Gasteiger partial charge is 0.460 e. The maximum Gasteiger partial charge on any atom is 0.303 e. The number of ether oxygens (including phenoxy) is 1. The molecule has 0 saturated heterocycles. The Morgan fingerprint density at radius 1 is 0.941 bits per heavy atom. The molecule has 0 aliphatic heterocycles. The lowest BCUT2D eigenvalue weighted by molar-refractivity contribution is -0.172. The van der Waals surface area contributed by atoms with Crippen molar-refractivity contribution in [2.24, 2.45) is 52.3 Å². The second-order valence-corrected chi connectivity index (χ2v) is 14.1. The van der Waals surface area contributed by atoms with Crippen LogP contribution >= 0.6 is 0 Å². The van der Waals surface area contributed by atoms with Crippen molar-refractivity contribution < 1.29 is 19.7 Å². The number of carbonyl (C=O) groups excluding carboxylic acids is 1. The van der Waals surface area contributed by atoms with Crippen molar-refractivity contribution in [2.75, 3.05) is 0 Å². The molecule has 196 valence electrons. The maximum atomic E-state index is 11.5. The van der Waals surface area contributed by atoms with Gasteiger partial charge >= 0.3 is 5.97 Å². The fourth-order valence-corrected chi connectivity index (χ4v) is 9.79. The van der Waals surface area contributed by atoms with Crippen LogP contribution in [0.2, 0.25) is 0 Å². The minimum absolute atomic E-state index is 0.189. The first-order valence-electron chi connectivity index (χ1n) is 14.3. The van der Waals surface area contributed by atoms with Crippen LogP contribution in [-0.4, -0.2) is 34.0 Å². The summed E-state index contributed by atoms with van der Waals surface area (Å²) in [5.74, 6) is 3.93. The highest BCUT2D eigenvalue weighted by molar-refractivity contribution is 5.66. The van der Waals surface area contributed by atoms with Crippen LogP contribution in [0.5, 0.6) is 0 Å². The molecule has 5 unspecified atom stereocenters. The minimum atomic E-state index is -0.413. The molecule has 4 heteroatoms. The van der Waals surface area contributed by atoms with Crippen molar-refractivity contribution in [1.29, 1.82) is 0 Å². The number of hydrogen-bond donors (Lipinski definition) is 2. The summed E-state index contributed by atoms with van der Waals surface area (Å²) in [6.45, 7) is 15.3. The molecule has 4 saturated carbocycles. The zero-order valence-corrected chi connectivity index (χ0v) is 23.0. The van der Waals surface area contributed by atoms with Crippen molar-refractivity contribution in [2.45, 2.75) is 130 Å². The van der Waals surface area contributed by atoms with E-state index < -0.39 is 5.60 Å². The van der Waals surface area contributed by atoms with E-state index in [1.54, 1.807) is 0 Å². The van der Waals surface area contributed by atoms with Gasteiger partial charge in [0.25, 0.3) is 0 Å². The van der Waals surface area contributed by atoms with Gasteiger partial charge in [0.05, 0.1) is 12.2 Å². The van der Waals surface area contributed by atoms with Crippen LogP contribution in [0.1, 0.15) is 113 Å². The molecular formula is C30H52O4. The predicted molar refractivity (Wildman–Crippen MR) is 136 cm³/mol. The topological polar surface area (TPSA) is 66.8 Å². The fraction of sp³-hybridized carbons (Fsp3) is 0.967. The molecule has 11 atom stereocenters. The smallest absolute Gasteiger partial charge is 0.303 e. The van der Waals surface area contributed by atoms with Crippen LogP contribution < -0.4 is 0 Å². The molecule has 34 heavy (non-hydrogen) atoms. The number of esters is 1. The van der Waals surface area contributed by atoms with E-state index in [0.29, 0.717) is 29.1 Å². The first kappa shape index (κ1) is 26.5. The number of rotatable bonds is 6. The average molecular weight is 477 g/mol. The van der Waals surface area contributed by atoms with Crippen molar-refractivity contribution >= 4 is 5.97 Å². The number of aliphatic hydroxyl groups is 2. The standard InChI is InChI=1S/C30H52O4/c1-18(8-9-19(2)28(4,5)34-20(3)31)23-10-11-24-22-17-27(33)26-16-21(32)12-14-30(26,7)25(22)13-15-29(23,24)6/h18-19,21-27,32-33H,8-17H2,1-7H3/t18-,19+,21+,22+,23?,24?,25?,26-,27-,29?,30?/m1/s1. The highest BCUT2D eigenvalue weighted by atomic mass is 16.6. The summed E-state index contributed by atoms with van der Waals surface area (Å²) in [4.78, 5) is 11.5. The molecule has 0 aromatic carbocycles. The summed E-state index contributed by atoms with van der Waals surface area (Å²) in [6, 6.07) is 0. The highest BCUT2D eigenvalue weighted by Gasteiger charge is 2.62. The van der Waals surface area contributed by atoms with E-state index in [9.17, 15) is 15.0 Å². The van der Waals surface area contributed by atoms with E-state index in [-0.39, 0.29) is 29.5 Å². The Balaban J connectivity index is 1.44. The molecule has 4 nitrogen and oxygen atoms in total. The third kappa shape index (κ3) is 4.49. The third-order valence-electron chi connectivity index (χ3n) is 12.1. The molecule has 0 aromatic rings. The van der Waals surface area contributed by atoms with Gasteiger partial charge in [0.15, 0.2) is 0 Å². The predicted octanol–water partition coefficient (Wildman–Crippen LogP) is 6.37. The Bertz CT molecular complexity index is 748. The van der Waals surface area contributed by atoms with Gasteiger partial charge < -0.3 is 14.9 Å². The van der Waals surface area contributed by atoms with Gasteiger partial charge in [-0.05, 0) is 124 Å². The monoisotopic (exact) mass is 476 g/mol. The summed E-state index contributed by atoms with van der Waals surface area (Å²) in [5, 5.41) is 21.6. The average Bonchev–Trinajstić information content (AvgIpc) is 3.09. The van der Waals surface area contributed by atoms with Crippen LogP contribution in [-0.2, 0) is 9.53 Å². The normalized spacial score (nSPS) is 46.1. The molecule has 0 spiro atoms. The summed E-state index contributed by atoms with van der Waals surface area (Å²) >= 11 is 0. The Kier molecular flexibility index (Phi) is 7.28. The van der Waals surface area contributed by atoms with Gasteiger partial charge in [0.1, 0.15) is 5.60 Å². The molecule has 0 bridgehead atoms. The molecular weight excluding hydrogens is 424 g/mol. The third-order valence-corrected chi connectivity index (χ3v) is 12.1. The molecule has 4 aliphatic carbocycles. The number of aliphatic hydroxyl groups excluding tert-OH is 2. The summed E-state index contributed by atoms with van der Waals surface area (Å²) in [7, 11) is 0. The fourth-order valence-electron chi connectivity index (χ4n) is 9.79. The van der Waals surface area contributed by atoms with Crippen molar-refractivity contribution in [3.8, 4) is 0 Å². The van der Waals surface area contributed by atoms with Gasteiger partial charge in [-0.25, -0.2) is 0 Å². The summed E-state index contributed by atoms with van der Waals surface area (Å²) in [5.41, 5.74) is 0.167. The van der Waals surface area contributed by atoms with E-state index in [4.69, 9.17) is 4.74 Å². The van der Waals surface area contributed by atoms with Gasteiger partial charge in [-0.2, -0.15) is 0 Å². The maximum absolute atomic E-state index is 11.5. The minimum Gasteiger partial charge on any atom is -0.460 e. The molecule has 4 aliphatic rings. The Labute approximate surface area is 208 Å². The number of carbonyl (C=O) groups is 1. The van der Waals surface area contributed by atoms with Gasteiger partial charge in [-0.1, -0.05) is 34.1 Å². The zero-order valence-electron chi connectivity index (χ0n) is 23.0. The van der Waals surface area contributed by atoms with E-state index in [2.05, 4.69) is 27.7 Å². The Hall–Kier alpha value is -0.610. The van der Waals surface area contributed by atoms with E-state index in [1.165, 1.54) is 39.0 Å².